The molecule has 0 spiro atoms. The van der Waals surface area contributed by atoms with Crippen LogP contribution in [0.4, 0.5) is 4.39 Å². The van der Waals surface area contributed by atoms with Crippen molar-refractivity contribution in [1.82, 2.24) is 0 Å². The number of halogens is 1. The van der Waals surface area contributed by atoms with Gasteiger partial charge in [-0.2, -0.15) is 0 Å². The molecule has 1 unspecified atom stereocenters. The molecule has 1 aromatic heterocycles. The smallest absolute Gasteiger partial charge is 0.123 e. The highest BCUT2D eigenvalue weighted by Crippen LogP contribution is 2.32. The quantitative estimate of drug-likeness (QED) is 0.857. The highest BCUT2D eigenvalue weighted by molar-refractivity contribution is 7.12. The first-order valence-corrected chi connectivity index (χ1v) is 6.31. The molecule has 1 heterocycles. The van der Waals surface area contributed by atoms with Gasteiger partial charge in [0.15, 0.2) is 0 Å². The fourth-order valence-electron chi connectivity index (χ4n) is 2.04. The van der Waals surface area contributed by atoms with E-state index in [2.05, 4.69) is 0 Å². The van der Waals surface area contributed by atoms with E-state index < -0.39 is 6.10 Å². The second-order valence-corrected chi connectivity index (χ2v) is 5.73. The Bertz CT molecular complexity index is 545. The molecule has 0 amide bonds. The third kappa shape index (κ3) is 2.40. The number of aryl methyl sites for hydroxylation is 3. The molecule has 0 aliphatic heterocycles. The Labute approximate surface area is 105 Å². The van der Waals surface area contributed by atoms with Crippen molar-refractivity contribution in [3.8, 4) is 0 Å². The van der Waals surface area contributed by atoms with Gasteiger partial charge in [0.1, 0.15) is 11.9 Å². The van der Waals surface area contributed by atoms with E-state index in [0.29, 0.717) is 0 Å². The maximum Gasteiger partial charge on any atom is 0.123 e. The molecule has 0 radical (unpaired) electrons. The summed E-state index contributed by atoms with van der Waals surface area (Å²) >= 11 is 1.67. The van der Waals surface area contributed by atoms with Gasteiger partial charge in [0.25, 0.3) is 0 Å². The zero-order valence-corrected chi connectivity index (χ0v) is 10.9. The molecule has 2 rings (SSSR count). The van der Waals surface area contributed by atoms with Gasteiger partial charge in [-0.05, 0) is 55.7 Å². The second kappa shape index (κ2) is 4.59. The molecule has 90 valence electrons. The van der Waals surface area contributed by atoms with E-state index in [9.17, 15) is 9.50 Å². The van der Waals surface area contributed by atoms with Gasteiger partial charge in [-0.15, -0.1) is 11.3 Å². The van der Waals surface area contributed by atoms with Crippen LogP contribution in [0.5, 0.6) is 0 Å². The molecule has 2 aromatic rings. The number of hydrogen-bond acceptors (Lipinski definition) is 2. The van der Waals surface area contributed by atoms with Crippen LogP contribution in [0.25, 0.3) is 0 Å². The molecule has 17 heavy (non-hydrogen) atoms. The standard InChI is InChI=1S/C14H15FOS/c1-8-6-11(15)4-5-12(8)14(16)13-7-9(2)17-10(13)3/h4-7,14,16H,1-3H3. The molecule has 1 N–H and O–H groups in total. The predicted molar refractivity (Wildman–Crippen MR) is 69.0 cm³/mol. The SMILES string of the molecule is Cc1cc(C(O)c2ccc(F)cc2C)c(C)s1. The van der Waals surface area contributed by atoms with Gasteiger partial charge in [-0.1, -0.05) is 6.07 Å². The van der Waals surface area contributed by atoms with E-state index in [1.54, 1.807) is 17.4 Å². The Morgan fingerprint density at radius 1 is 1.12 bits per heavy atom. The molecule has 0 aliphatic rings. The van der Waals surface area contributed by atoms with Crippen LogP contribution in [0.2, 0.25) is 0 Å². The highest BCUT2D eigenvalue weighted by Gasteiger charge is 2.17. The number of aliphatic hydroxyl groups is 1. The van der Waals surface area contributed by atoms with Gasteiger partial charge >= 0.3 is 0 Å². The molecule has 1 nitrogen and oxygen atoms in total. The molecular weight excluding hydrogens is 235 g/mol. The topological polar surface area (TPSA) is 20.2 Å². The van der Waals surface area contributed by atoms with Crippen molar-refractivity contribution in [3.63, 3.8) is 0 Å². The summed E-state index contributed by atoms with van der Waals surface area (Å²) in [7, 11) is 0. The van der Waals surface area contributed by atoms with Crippen molar-refractivity contribution in [2.24, 2.45) is 0 Å². The van der Waals surface area contributed by atoms with E-state index in [4.69, 9.17) is 0 Å². The van der Waals surface area contributed by atoms with Crippen molar-refractivity contribution in [1.29, 1.82) is 0 Å². The van der Waals surface area contributed by atoms with Crippen LogP contribution in [0, 0.1) is 26.6 Å². The first kappa shape index (κ1) is 12.3. The third-order valence-corrected chi connectivity index (χ3v) is 3.88. The lowest BCUT2D eigenvalue weighted by Gasteiger charge is -2.13. The minimum Gasteiger partial charge on any atom is -0.384 e. The Kier molecular flexibility index (Phi) is 3.31. The van der Waals surface area contributed by atoms with Gasteiger partial charge in [0, 0.05) is 9.75 Å². The van der Waals surface area contributed by atoms with Crippen LogP contribution < -0.4 is 0 Å². The van der Waals surface area contributed by atoms with Gasteiger partial charge in [0.05, 0.1) is 0 Å². The highest BCUT2D eigenvalue weighted by atomic mass is 32.1. The van der Waals surface area contributed by atoms with E-state index >= 15 is 0 Å². The molecule has 0 saturated carbocycles. The number of hydrogen-bond donors (Lipinski definition) is 1. The summed E-state index contributed by atoms with van der Waals surface area (Å²) in [5.41, 5.74) is 2.47. The van der Waals surface area contributed by atoms with Crippen LogP contribution >= 0.6 is 11.3 Å². The maximum atomic E-state index is 13.0. The van der Waals surface area contributed by atoms with Crippen molar-refractivity contribution in [2.45, 2.75) is 26.9 Å². The van der Waals surface area contributed by atoms with Crippen LogP contribution in [0.1, 0.15) is 32.5 Å². The normalized spacial score (nSPS) is 12.8. The van der Waals surface area contributed by atoms with Crippen molar-refractivity contribution in [2.75, 3.05) is 0 Å². The third-order valence-electron chi connectivity index (χ3n) is 2.90. The zero-order chi connectivity index (χ0) is 12.6. The fourth-order valence-corrected chi connectivity index (χ4v) is 2.99. The van der Waals surface area contributed by atoms with Gasteiger partial charge < -0.3 is 5.11 Å². The number of aliphatic hydroxyl groups excluding tert-OH is 1. The minimum absolute atomic E-state index is 0.267. The molecule has 1 atom stereocenters. The van der Waals surface area contributed by atoms with Crippen LogP contribution in [0.3, 0.4) is 0 Å². The van der Waals surface area contributed by atoms with Crippen molar-refractivity contribution < 1.29 is 9.50 Å². The van der Waals surface area contributed by atoms with Gasteiger partial charge in [0.2, 0.25) is 0 Å². The average molecular weight is 250 g/mol. The van der Waals surface area contributed by atoms with Crippen molar-refractivity contribution >= 4 is 11.3 Å². The Balaban J connectivity index is 2.43. The Morgan fingerprint density at radius 2 is 1.82 bits per heavy atom. The van der Waals surface area contributed by atoms with Crippen molar-refractivity contribution in [3.05, 3.63) is 56.5 Å². The average Bonchev–Trinajstić information content (AvgIpc) is 2.57. The van der Waals surface area contributed by atoms with Gasteiger partial charge in [-0.3, -0.25) is 0 Å². The summed E-state index contributed by atoms with van der Waals surface area (Å²) in [5.74, 6) is -0.267. The Morgan fingerprint density at radius 3 is 2.35 bits per heavy atom. The van der Waals surface area contributed by atoms with E-state index in [1.807, 2.05) is 26.8 Å². The summed E-state index contributed by atoms with van der Waals surface area (Å²) in [6.07, 6.45) is -0.666. The van der Waals surface area contributed by atoms with Gasteiger partial charge in [-0.25, -0.2) is 4.39 Å². The number of thiophene rings is 1. The van der Waals surface area contributed by atoms with E-state index in [-0.39, 0.29) is 5.82 Å². The van der Waals surface area contributed by atoms with Crippen LogP contribution in [-0.2, 0) is 0 Å². The lowest BCUT2D eigenvalue weighted by atomic mass is 9.98. The largest absolute Gasteiger partial charge is 0.384 e. The molecule has 1 aromatic carbocycles. The summed E-state index contributed by atoms with van der Waals surface area (Å²) in [6, 6.07) is 6.49. The first-order valence-electron chi connectivity index (χ1n) is 5.50. The fraction of sp³-hybridized carbons (Fsp3) is 0.286. The lowest BCUT2D eigenvalue weighted by molar-refractivity contribution is 0.219. The molecule has 0 aliphatic carbocycles. The van der Waals surface area contributed by atoms with Crippen LogP contribution in [-0.4, -0.2) is 5.11 Å². The maximum absolute atomic E-state index is 13.0. The summed E-state index contributed by atoms with van der Waals surface area (Å²) < 4.78 is 13.0. The monoisotopic (exact) mass is 250 g/mol. The summed E-state index contributed by atoms with van der Waals surface area (Å²) in [6.45, 7) is 5.83. The minimum atomic E-state index is -0.666. The number of rotatable bonds is 2. The summed E-state index contributed by atoms with van der Waals surface area (Å²) in [5, 5.41) is 10.3. The first-order chi connectivity index (χ1) is 7.99. The second-order valence-electron chi connectivity index (χ2n) is 4.27. The molecule has 0 bridgehead atoms. The molecular formula is C14H15FOS. The van der Waals surface area contributed by atoms with E-state index in [1.165, 1.54) is 17.0 Å². The van der Waals surface area contributed by atoms with Crippen LogP contribution in [0.15, 0.2) is 24.3 Å². The predicted octanol–water partition coefficient (Wildman–Crippen LogP) is 3.89. The zero-order valence-electron chi connectivity index (χ0n) is 10.1. The van der Waals surface area contributed by atoms with E-state index in [0.717, 1.165) is 21.6 Å². The Hall–Kier alpha value is -1.19. The molecule has 3 heteroatoms. The molecule has 0 fully saturated rings. The number of benzene rings is 1. The lowest BCUT2D eigenvalue weighted by Crippen LogP contribution is -2.02. The summed E-state index contributed by atoms with van der Waals surface area (Å²) in [4.78, 5) is 2.29. The molecule has 0 saturated heterocycles.